The second-order valence-corrected chi connectivity index (χ2v) is 12.5. The van der Waals surface area contributed by atoms with Gasteiger partial charge in [-0.25, -0.2) is 9.78 Å². The quantitative estimate of drug-likeness (QED) is 0.271. The number of aryl methyl sites for hydroxylation is 1. The van der Waals surface area contributed by atoms with Gasteiger partial charge >= 0.3 is 5.97 Å². The predicted molar refractivity (Wildman–Crippen MR) is 154 cm³/mol. The van der Waals surface area contributed by atoms with E-state index in [1.54, 1.807) is 18.2 Å². The van der Waals surface area contributed by atoms with E-state index in [2.05, 4.69) is 42.1 Å². The van der Waals surface area contributed by atoms with Gasteiger partial charge in [0.25, 0.3) is 5.91 Å². The molecule has 2 N–H and O–H groups in total. The number of ether oxygens (including phenoxy) is 1. The van der Waals surface area contributed by atoms with E-state index >= 15 is 0 Å². The van der Waals surface area contributed by atoms with Crippen molar-refractivity contribution in [3.63, 3.8) is 0 Å². The summed E-state index contributed by atoms with van der Waals surface area (Å²) in [5.41, 5.74) is 5.62. The highest BCUT2D eigenvalue weighted by Gasteiger charge is 2.33. The summed E-state index contributed by atoms with van der Waals surface area (Å²) in [5, 5.41) is 13.2. The van der Waals surface area contributed by atoms with Crippen LogP contribution in [-0.4, -0.2) is 27.9 Å². The van der Waals surface area contributed by atoms with E-state index in [1.165, 1.54) is 18.3 Å². The van der Waals surface area contributed by atoms with Crippen molar-refractivity contribution >= 4 is 39.2 Å². The summed E-state index contributed by atoms with van der Waals surface area (Å²) in [6.07, 6.45) is 1.72. The van der Waals surface area contributed by atoms with Crippen molar-refractivity contribution < 1.29 is 14.3 Å². The molecule has 0 fully saturated rings. The Morgan fingerprint density at radius 2 is 1.95 bits per heavy atom. The number of fused-ring (bicyclic) bond motifs is 2. The third kappa shape index (κ3) is 5.45. The minimum atomic E-state index is -1.04. The molecule has 5 rings (SSSR count). The van der Waals surface area contributed by atoms with Crippen LogP contribution in [0.2, 0.25) is 0 Å². The third-order valence-corrected chi connectivity index (χ3v) is 8.70. The summed E-state index contributed by atoms with van der Waals surface area (Å²) in [6, 6.07) is 15.4. The molecular formula is C31H32N4O3S. The minimum Gasteiger partial charge on any atom is -0.449 e. The molecule has 7 nitrogen and oxygen atoms in total. The van der Waals surface area contributed by atoms with E-state index in [9.17, 15) is 14.9 Å². The topological polar surface area (TPSA) is 108 Å². The second-order valence-electron chi connectivity index (χ2n) is 11.3. The molecule has 0 saturated carbocycles. The van der Waals surface area contributed by atoms with Gasteiger partial charge in [-0.2, -0.15) is 5.26 Å². The second kappa shape index (κ2) is 10.3. The molecule has 4 aromatic rings. The molecule has 2 atom stereocenters. The highest BCUT2D eigenvalue weighted by atomic mass is 32.1. The van der Waals surface area contributed by atoms with Crippen molar-refractivity contribution in [2.45, 2.75) is 60.0 Å². The number of anilines is 1. The van der Waals surface area contributed by atoms with Gasteiger partial charge in [0.2, 0.25) is 0 Å². The van der Waals surface area contributed by atoms with Gasteiger partial charge in [-0.15, -0.1) is 11.3 Å². The van der Waals surface area contributed by atoms with Crippen LogP contribution in [0.5, 0.6) is 0 Å². The number of carbonyl (C=O) groups is 2. The molecule has 2 unspecified atom stereocenters. The predicted octanol–water partition coefficient (Wildman–Crippen LogP) is 6.81. The molecule has 0 spiro atoms. The zero-order valence-electron chi connectivity index (χ0n) is 22.8. The molecule has 2 aromatic carbocycles. The third-order valence-electron chi connectivity index (χ3n) is 7.53. The zero-order chi connectivity index (χ0) is 27.9. The first-order valence-corrected chi connectivity index (χ1v) is 14.0. The largest absolute Gasteiger partial charge is 0.449 e. The molecule has 0 radical (unpaired) electrons. The molecule has 2 heterocycles. The number of nitrogens with one attached hydrogen (secondary N) is 2. The van der Waals surface area contributed by atoms with E-state index in [0.29, 0.717) is 33.4 Å². The number of imidazole rings is 1. The molecule has 0 bridgehead atoms. The lowest BCUT2D eigenvalue weighted by Crippen LogP contribution is -2.30. The van der Waals surface area contributed by atoms with Gasteiger partial charge < -0.3 is 15.0 Å². The van der Waals surface area contributed by atoms with Crippen LogP contribution in [0.1, 0.15) is 66.0 Å². The number of benzene rings is 2. The van der Waals surface area contributed by atoms with Crippen LogP contribution in [0.15, 0.2) is 42.5 Å². The molecule has 1 amide bonds. The lowest BCUT2D eigenvalue weighted by molar-refractivity contribution is -0.123. The molecular weight excluding hydrogens is 508 g/mol. The summed E-state index contributed by atoms with van der Waals surface area (Å²) in [5.74, 6) is 0.169. The molecule has 1 aliphatic carbocycles. The number of aromatic amines is 1. The van der Waals surface area contributed by atoms with Gasteiger partial charge in [0.15, 0.2) is 6.10 Å². The highest BCUT2D eigenvalue weighted by molar-refractivity contribution is 7.16. The zero-order valence-corrected chi connectivity index (χ0v) is 23.7. The fourth-order valence-corrected chi connectivity index (χ4v) is 6.29. The normalized spacial score (nSPS) is 15.8. The van der Waals surface area contributed by atoms with Crippen molar-refractivity contribution in [2.75, 3.05) is 5.32 Å². The Morgan fingerprint density at radius 3 is 2.64 bits per heavy atom. The average Bonchev–Trinajstić information content (AvgIpc) is 3.48. The fraction of sp³-hybridized carbons (Fsp3) is 0.355. The lowest BCUT2D eigenvalue weighted by atomic mass is 9.72. The Morgan fingerprint density at radius 1 is 1.21 bits per heavy atom. The Balaban J connectivity index is 1.27. The van der Waals surface area contributed by atoms with Gasteiger partial charge in [-0.1, -0.05) is 50.6 Å². The number of aromatic nitrogens is 2. The lowest BCUT2D eigenvalue weighted by Gasteiger charge is -2.33. The average molecular weight is 541 g/mol. The summed E-state index contributed by atoms with van der Waals surface area (Å²) in [4.78, 5) is 34.9. The van der Waals surface area contributed by atoms with Crippen LogP contribution in [0.3, 0.4) is 0 Å². The molecule has 2 aromatic heterocycles. The number of nitriles is 1. The Labute approximate surface area is 232 Å². The molecule has 200 valence electrons. The number of H-pyrrole nitrogens is 1. The fourth-order valence-electron chi connectivity index (χ4n) is 5.01. The van der Waals surface area contributed by atoms with E-state index in [1.807, 2.05) is 31.2 Å². The highest BCUT2D eigenvalue weighted by Crippen LogP contribution is 2.44. The van der Waals surface area contributed by atoms with Crippen molar-refractivity contribution in [1.82, 2.24) is 9.97 Å². The minimum absolute atomic E-state index is 0.183. The molecule has 0 aliphatic heterocycles. The first-order chi connectivity index (χ1) is 18.5. The van der Waals surface area contributed by atoms with Crippen molar-refractivity contribution in [3.8, 4) is 17.5 Å². The summed E-state index contributed by atoms with van der Waals surface area (Å²) in [6.45, 7) is 10.3. The van der Waals surface area contributed by atoms with Gasteiger partial charge in [-0.05, 0) is 68.2 Å². The van der Waals surface area contributed by atoms with Crippen LogP contribution in [-0.2, 0) is 22.4 Å². The van der Waals surface area contributed by atoms with E-state index in [-0.39, 0.29) is 5.41 Å². The molecule has 0 saturated heterocycles. The van der Waals surface area contributed by atoms with Gasteiger partial charge in [-0.3, -0.25) is 4.79 Å². The van der Waals surface area contributed by atoms with E-state index in [0.717, 1.165) is 46.3 Å². The number of nitrogens with zero attached hydrogens (tertiary/aromatic N) is 2. The van der Waals surface area contributed by atoms with Crippen LogP contribution in [0.25, 0.3) is 22.4 Å². The van der Waals surface area contributed by atoms with Crippen molar-refractivity contribution in [3.05, 3.63) is 69.6 Å². The van der Waals surface area contributed by atoms with E-state index in [4.69, 9.17) is 4.74 Å². The number of hydrogen-bond acceptors (Lipinski definition) is 6. The Hall–Kier alpha value is -3.96. The Bertz CT molecular complexity index is 1600. The number of thiophene rings is 1. The standard InChI is InChI=1S/C31H32N4O3S/c1-17-6-8-19(9-7-17)27-33-24-13-10-20(14-25(24)34-27)30(37)38-18(2)28(36)35-29-23(16-32)22-12-11-21(31(3,4)5)15-26(22)39-29/h6-10,13-14,18,21H,11-12,15H2,1-5H3,(H,33,34)(H,35,36). The first kappa shape index (κ1) is 26.6. The smallest absolute Gasteiger partial charge is 0.338 e. The maximum absolute atomic E-state index is 13.0. The number of rotatable bonds is 5. The summed E-state index contributed by atoms with van der Waals surface area (Å²) in [7, 11) is 0. The number of hydrogen-bond donors (Lipinski definition) is 2. The molecule has 1 aliphatic rings. The number of amides is 1. The van der Waals surface area contributed by atoms with Crippen LogP contribution in [0, 0.1) is 29.6 Å². The van der Waals surface area contributed by atoms with Crippen LogP contribution in [0.4, 0.5) is 5.00 Å². The summed E-state index contributed by atoms with van der Waals surface area (Å²) < 4.78 is 5.50. The molecule has 8 heteroatoms. The van der Waals surface area contributed by atoms with Gasteiger partial charge in [0, 0.05) is 10.4 Å². The SMILES string of the molecule is Cc1ccc(-c2nc3ccc(C(=O)OC(C)C(=O)Nc4sc5c(c4C#N)CCC(C(C)(C)C)C5)cc3[nH]2)cc1. The van der Waals surface area contributed by atoms with Crippen LogP contribution < -0.4 is 5.32 Å². The monoisotopic (exact) mass is 540 g/mol. The molecule has 39 heavy (non-hydrogen) atoms. The number of carbonyl (C=O) groups excluding carboxylic acids is 2. The van der Waals surface area contributed by atoms with Crippen molar-refractivity contribution in [2.24, 2.45) is 11.3 Å². The van der Waals surface area contributed by atoms with E-state index < -0.39 is 18.0 Å². The van der Waals surface area contributed by atoms with Gasteiger partial charge in [0.05, 0.1) is 22.2 Å². The maximum atomic E-state index is 13.0. The van der Waals surface area contributed by atoms with Crippen LogP contribution >= 0.6 is 11.3 Å². The first-order valence-electron chi connectivity index (χ1n) is 13.2. The van der Waals surface area contributed by atoms with Crippen molar-refractivity contribution in [1.29, 1.82) is 5.26 Å². The summed E-state index contributed by atoms with van der Waals surface area (Å²) >= 11 is 1.46. The Kier molecular flexibility index (Phi) is 7.04. The van der Waals surface area contributed by atoms with Gasteiger partial charge in [0.1, 0.15) is 16.9 Å². The maximum Gasteiger partial charge on any atom is 0.338 e. The number of esters is 1.